The summed E-state index contributed by atoms with van der Waals surface area (Å²) < 4.78 is 0. The molecule has 3 N–H and O–H groups in total. The fourth-order valence-corrected chi connectivity index (χ4v) is 3.10. The molecule has 1 saturated carbocycles. The van der Waals surface area contributed by atoms with Gasteiger partial charge in [-0.05, 0) is 32.1 Å². The Morgan fingerprint density at radius 3 is 2.63 bits per heavy atom. The van der Waals surface area contributed by atoms with Gasteiger partial charge >= 0.3 is 5.97 Å². The largest absolute Gasteiger partial charge is 0.481 e. The molecule has 5 nitrogen and oxygen atoms in total. The SMILES string of the molecule is CC/C=C\C/C=C\C[C@H](O)/C=C/[C@@H]1C(=O)C[C@H](O)[C@H]1C/C=C\CCC(=O)O. The molecule has 0 radical (unpaired) electrons. The van der Waals surface area contributed by atoms with E-state index >= 15 is 0 Å². The van der Waals surface area contributed by atoms with E-state index in [0.717, 1.165) is 12.8 Å². The van der Waals surface area contributed by atoms with Gasteiger partial charge in [-0.25, -0.2) is 0 Å². The Kier molecular flexibility index (Phi) is 11.3. The van der Waals surface area contributed by atoms with Gasteiger partial charge in [-0.1, -0.05) is 55.5 Å². The number of hydrogen-bond acceptors (Lipinski definition) is 4. The molecule has 1 aliphatic carbocycles. The Labute approximate surface area is 161 Å². The molecule has 150 valence electrons. The van der Waals surface area contributed by atoms with Gasteiger partial charge in [0.15, 0.2) is 0 Å². The van der Waals surface area contributed by atoms with E-state index in [1.165, 1.54) is 0 Å². The zero-order chi connectivity index (χ0) is 20.1. The number of Topliss-reactive ketones (excluding diaryl/α,β-unsaturated/α-hetero) is 1. The molecule has 0 amide bonds. The maximum absolute atomic E-state index is 12.1. The standard InChI is InChI=1S/C22H32O5/c1-2-3-4-5-6-8-11-17(23)14-15-19-18(20(24)16-21(19)25)12-9-7-10-13-22(26)27/h3-4,6-9,14-15,17-20,23-24H,2,5,10-13,16H2,1H3,(H,26,27)/b4-3-,8-6-,9-7-,15-14+/t17-,18-,19-,20-/m0/s1. The fourth-order valence-electron chi connectivity index (χ4n) is 3.10. The molecule has 0 unspecified atom stereocenters. The van der Waals surface area contributed by atoms with E-state index in [2.05, 4.69) is 19.1 Å². The lowest BCUT2D eigenvalue weighted by molar-refractivity contribution is -0.136. The molecule has 0 aromatic rings. The van der Waals surface area contributed by atoms with Crippen molar-refractivity contribution in [2.24, 2.45) is 11.8 Å². The van der Waals surface area contributed by atoms with Crippen LogP contribution in [0.4, 0.5) is 0 Å². The molecule has 0 aromatic carbocycles. The number of allylic oxidation sites excluding steroid dienone is 6. The number of hydrogen-bond donors (Lipinski definition) is 3. The smallest absolute Gasteiger partial charge is 0.303 e. The second-order valence-corrected chi connectivity index (χ2v) is 6.84. The summed E-state index contributed by atoms with van der Waals surface area (Å²) in [5.41, 5.74) is 0. The van der Waals surface area contributed by atoms with Crippen LogP contribution in [0.3, 0.4) is 0 Å². The van der Waals surface area contributed by atoms with Crippen LogP contribution in [0.15, 0.2) is 48.6 Å². The first kappa shape index (κ1) is 23.1. The quantitative estimate of drug-likeness (QED) is 0.453. The number of rotatable bonds is 12. The van der Waals surface area contributed by atoms with Crippen LogP contribution < -0.4 is 0 Å². The number of aliphatic carboxylic acids is 1. The van der Waals surface area contributed by atoms with E-state index in [1.54, 1.807) is 18.2 Å². The van der Waals surface area contributed by atoms with Gasteiger partial charge < -0.3 is 15.3 Å². The first-order valence-electron chi connectivity index (χ1n) is 9.69. The van der Waals surface area contributed by atoms with Crippen molar-refractivity contribution in [2.45, 2.75) is 64.1 Å². The topological polar surface area (TPSA) is 94.8 Å². The van der Waals surface area contributed by atoms with E-state index in [0.29, 0.717) is 19.3 Å². The summed E-state index contributed by atoms with van der Waals surface area (Å²) >= 11 is 0. The number of aliphatic hydroxyl groups excluding tert-OH is 2. The number of aliphatic hydroxyl groups is 2. The second kappa shape index (κ2) is 13.2. The van der Waals surface area contributed by atoms with Crippen molar-refractivity contribution in [2.75, 3.05) is 0 Å². The molecule has 1 aliphatic rings. The molecule has 0 aliphatic heterocycles. The summed E-state index contributed by atoms with van der Waals surface area (Å²) in [7, 11) is 0. The molecule has 1 rings (SSSR count). The third kappa shape index (κ3) is 9.50. The minimum Gasteiger partial charge on any atom is -0.481 e. The molecular formula is C22H32O5. The van der Waals surface area contributed by atoms with Crippen LogP contribution in [0.5, 0.6) is 0 Å². The molecule has 1 fully saturated rings. The molecular weight excluding hydrogens is 344 g/mol. The third-order valence-corrected chi connectivity index (χ3v) is 4.60. The number of carbonyl (C=O) groups is 2. The van der Waals surface area contributed by atoms with Crippen LogP contribution in [-0.4, -0.2) is 39.3 Å². The van der Waals surface area contributed by atoms with Crippen LogP contribution >= 0.6 is 0 Å². The number of ketones is 1. The molecule has 0 spiro atoms. The van der Waals surface area contributed by atoms with E-state index in [4.69, 9.17) is 5.11 Å². The van der Waals surface area contributed by atoms with Gasteiger partial charge in [-0.2, -0.15) is 0 Å². The minimum absolute atomic E-state index is 0.0184. The Balaban J connectivity index is 2.50. The Morgan fingerprint density at radius 2 is 1.93 bits per heavy atom. The monoisotopic (exact) mass is 376 g/mol. The highest BCUT2D eigenvalue weighted by atomic mass is 16.4. The van der Waals surface area contributed by atoms with Crippen molar-refractivity contribution in [3.8, 4) is 0 Å². The van der Waals surface area contributed by atoms with Gasteiger partial charge in [0.05, 0.1) is 12.2 Å². The van der Waals surface area contributed by atoms with Crippen LogP contribution in [-0.2, 0) is 9.59 Å². The predicted octanol–water partition coefficient (Wildman–Crippen LogP) is 3.58. The summed E-state index contributed by atoms with van der Waals surface area (Å²) in [6, 6.07) is 0. The average molecular weight is 376 g/mol. The van der Waals surface area contributed by atoms with Crippen molar-refractivity contribution in [3.05, 3.63) is 48.6 Å². The van der Waals surface area contributed by atoms with Crippen LogP contribution in [0, 0.1) is 11.8 Å². The summed E-state index contributed by atoms with van der Waals surface area (Å²) in [5, 5.41) is 28.8. The van der Waals surface area contributed by atoms with Crippen molar-refractivity contribution < 1.29 is 24.9 Å². The highest BCUT2D eigenvalue weighted by Gasteiger charge is 2.39. The first-order valence-corrected chi connectivity index (χ1v) is 9.69. The maximum atomic E-state index is 12.1. The highest BCUT2D eigenvalue weighted by molar-refractivity contribution is 5.86. The van der Waals surface area contributed by atoms with Crippen molar-refractivity contribution in [1.82, 2.24) is 0 Å². The van der Waals surface area contributed by atoms with Crippen LogP contribution in [0.1, 0.15) is 51.9 Å². The third-order valence-electron chi connectivity index (χ3n) is 4.60. The van der Waals surface area contributed by atoms with Gasteiger partial charge in [0.1, 0.15) is 5.78 Å². The fraction of sp³-hybridized carbons (Fsp3) is 0.545. The maximum Gasteiger partial charge on any atom is 0.303 e. The normalized spacial score (nSPS) is 24.9. The molecule has 0 aromatic heterocycles. The van der Waals surface area contributed by atoms with E-state index in [1.807, 2.05) is 18.2 Å². The lowest BCUT2D eigenvalue weighted by Gasteiger charge is -2.16. The second-order valence-electron chi connectivity index (χ2n) is 6.84. The molecule has 0 heterocycles. The zero-order valence-electron chi connectivity index (χ0n) is 16.0. The first-order chi connectivity index (χ1) is 13.0. The Hall–Kier alpha value is -1.98. The van der Waals surface area contributed by atoms with Gasteiger partial charge in [0.25, 0.3) is 0 Å². The molecule has 4 atom stereocenters. The molecule has 0 bridgehead atoms. The predicted molar refractivity (Wildman–Crippen MR) is 106 cm³/mol. The Morgan fingerprint density at radius 1 is 1.19 bits per heavy atom. The van der Waals surface area contributed by atoms with E-state index in [-0.39, 0.29) is 24.5 Å². The summed E-state index contributed by atoms with van der Waals surface area (Å²) in [4.78, 5) is 22.6. The summed E-state index contributed by atoms with van der Waals surface area (Å²) in [5.74, 6) is -1.50. The van der Waals surface area contributed by atoms with Gasteiger partial charge in [-0.3, -0.25) is 9.59 Å². The highest BCUT2D eigenvalue weighted by Crippen LogP contribution is 2.33. The summed E-state index contributed by atoms with van der Waals surface area (Å²) in [6.45, 7) is 2.08. The van der Waals surface area contributed by atoms with Gasteiger partial charge in [-0.15, -0.1) is 0 Å². The number of carboxylic acid groups (broad SMARTS) is 1. The van der Waals surface area contributed by atoms with Crippen molar-refractivity contribution in [1.29, 1.82) is 0 Å². The van der Waals surface area contributed by atoms with Crippen LogP contribution in [0.2, 0.25) is 0 Å². The lowest BCUT2D eigenvalue weighted by atomic mass is 9.90. The van der Waals surface area contributed by atoms with Gasteiger partial charge in [0, 0.05) is 24.7 Å². The average Bonchev–Trinajstić information content (AvgIpc) is 2.88. The minimum atomic E-state index is -0.846. The summed E-state index contributed by atoms with van der Waals surface area (Å²) in [6.07, 6.45) is 17.2. The Bertz CT molecular complexity index is 573. The molecule has 27 heavy (non-hydrogen) atoms. The van der Waals surface area contributed by atoms with Gasteiger partial charge in [0.2, 0.25) is 0 Å². The molecule has 0 saturated heterocycles. The number of carbonyl (C=O) groups excluding carboxylic acids is 1. The lowest BCUT2D eigenvalue weighted by Crippen LogP contribution is -2.19. The molecule has 5 heteroatoms. The zero-order valence-corrected chi connectivity index (χ0v) is 16.0. The van der Waals surface area contributed by atoms with Crippen molar-refractivity contribution in [3.63, 3.8) is 0 Å². The van der Waals surface area contributed by atoms with E-state index in [9.17, 15) is 19.8 Å². The van der Waals surface area contributed by atoms with Crippen LogP contribution in [0.25, 0.3) is 0 Å². The van der Waals surface area contributed by atoms with E-state index < -0.39 is 24.1 Å². The number of carboxylic acids is 1. The van der Waals surface area contributed by atoms with Crippen molar-refractivity contribution >= 4 is 11.8 Å².